The van der Waals surface area contributed by atoms with Gasteiger partial charge in [0.15, 0.2) is 0 Å². The molecule has 5 nitrogen and oxygen atoms in total. The molecule has 0 heterocycles. The summed E-state index contributed by atoms with van der Waals surface area (Å²) in [6.45, 7) is 5.35. The van der Waals surface area contributed by atoms with Crippen LogP contribution in [0, 0.1) is 11.8 Å². The van der Waals surface area contributed by atoms with Gasteiger partial charge in [0.05, 0.1) is 5.92 Å². The van der Waals surface area contributed by atoms with E-state index in [1.165, 1.54) is 0 Å². The Morgan fingerprint density at radius 1 is 1.41 bits per heavy atom. The molecule has 17 heavy (non-hydrogen) atoms. The summed E-state index contributed by atoms with van der Waals surface area (Å²) < 4.78 is 0. The molecule has 1 aliphatic rings. The highest BCUT2D eigenvalue weighted by Gasteiger charge is 2.38. The topological polar surface area (TPSA) is 98.2 Å². The summed E-state index contributed by atoms with van der Waals surface area (Å²) in [5.41, 5.74) is 10.0. The Kier molecular flexibility index (Phi) is 3.93. The Balaban J connectivity index is 2.72. The lowest BCUT2D eigenvalue weighted by molar-refractivity contribution is -0.134. The predicted octanol–water partition coefficient (Wildman–Crippen LogP) is -0.0940. The largest absolute Gasteiger partial charge is 0.368 e. The van der Waals surface area contributed by atoms with Gasteiger partial charge in [0.25, 0.3) is 0 Å². The number of primary amides is 1. The number of hydrogen-bond acceptors (Lipinski definition) is 3. The van der Waals surface area contributed by atoms with Crippen LogP contribution in [0.4, 0.5) is 0 Å². The van der Waals surface area contributed by atoms with Crippen LogP contribution in [0.15, 0.2) is 12.2 Å². The first kappa shape index (κ1) is 13.7. The third kappa shape index (κ3) is 2.85. The van der Waals surface area contributed by atoms with Gasteiger partial charge >= 0.3 is 0 Å². The fraction of sp³-hybridized carbons (Fsp3) is 0.667. The monoisotopic (exact) mass is 239 g/mol. The molecule has 5 N–H and O–H groups in total. The third-order valence-electron chi connectivity index (χ3n) is 3.50. The summed E-state index contributed by atoms with van der Waals surface area (Å²) in [5.74, 6) is -1.04. The van der Waals surface area contributed by atoms with E-state index in [1.54, 1.807) is 19.1 Å². The zero-order valence-electron chi connectivity index (χ0n) is 10.6. The molecular formula is C12H21N3O2. The molecule has 0 aromatic heterocycles. The normalized spacial score (nSPS) is 26.9. The molecule has 1 rings (SSSR count). The molecule has 96 valence electrons. The number of nitrogens with two attached hydrogens (primary N) is 2. The molecule has 0 spiro atoms. The molecule has 0 aromatic rings. The number of hydrogen-bond donors (Lipinski definition) is 3. The van der Waals surface area contributed by atoms with Gasteiger partial charge in [-0.3, -0.25) is 9.59 Å². The van der Waals surface area contributed by atoms with Crippen molar-refractivity contribution in [3.05, 3.63) is 12.2 Å². The van der Waals surface area contributed by atoms with Gasteiger partial charge in [-0.25, -0.2) is 0 Å². The van der Waals surface area contributed by atoms with Crippen molar-refractivity contribution in [3.63, 3.8) is 0 Å². The van der Waals surface area contributed by atoms with Crippen molar-refractivity contribution in [2.24, 2.45) is 23.3 Å². The van der Waals surface area contributed by atoms with Gasteiger partial charge in [0.2, 0.25) is 11.8 Å². The first-order valence-electron chi connectivity index (χ1n) is 5.83. The minimum Gasteiger partial charge on any atom is -0.368 e. The molecule has 2 amide bonds. The summed E-state index contributed by atoms with van der Waals surface area (Å²) in [4.78, 5) is 23.4. The second kappa shape index (κ2) is 4.87. The van der Waals surface area contributed by atoms with Crippen LogP contribution in [0.2, 0.25) is 0 Å². The molecule has 3 atom stereocenters. The Morgan fingerprint density at radius 2 is 2.00 bits per heavy atom. The van der Waals surface area contributed by atoms with E-state index in [9.17, 15) is 9.59 Å². The number of carbonyl (C=O) groups excluding carboxylic acids is 2. The van der Waals surface area contributed by atoms with Crippen LogP contribution in [-0.4, -0.2) is 23.4 Å². The van der Waals surface area contributed by atoms with E-state index in [2.05, 4.69) is 5.32 Å². The van der Waals surface area contributed by atoms with E-state index >= 15 is 0 Å². The zero-order chi connectivity index (χ0) is 13.2. The van der Waals surface area contributed by atoms with Crippen molar-refractivity contribution < 1.29 is 9.59 Å². The van der Waals surface area contributed by atoms with Crippen molar-refractivity contribution in [3.8, 4) is 0 Å². The van der Waals surface area contributed by atoms with Crippen molar-refractivity contribution >= 4 is 11.8 Å². The van der Waals surface area contributed by atoms with Crippen molar-refractivity contribution in [1.29, 1.82) is 0 Å². The molecule has 0 fully saturated rings. The Labute approximate surface area is 102 Å². The van der Waals surface area contributed by atoms with Gasteiger partial charge in [-0.15, -0.1) is 0 Å². The fourth-order valence-corrected chi connectivity index (χ4v) is 1.76. The lowest BCUT2D eigenvalue weighted by Crippen LogP contribution is -2.59. The van der Waals surface area contributed by atoms with Gasteiger partial charge in [0.1, 0.15) is 5.54 Å². The van der Waals surface area contributed by atoms with Gasteiger partial charge < -0.3 is 16.8 Å². The average Bonchev–Trinajstić information content (AvgIpc) is 2.64. The molecular weight excluding hydrogens is 218 g/mol. The second-order valence-corrected chi connectivity index (χ2v) is 5.10. The Morgan fingerprint density at radius 3 is 2.35 bits per heavy atom. The fourth-order valence-electron chi connectivity index (χ4n) is 1.76. The minimum absolute atomic E-state index is 0.0667. The summed E-state index contributed by atoms with van der Waals surface area (Å²) in [5, 5.41) is 2.73. The lowest BCUT2D eigenvalue weighted by Gasteiger charge is -2.32. The molecule has 0 saturated carbocycles. The molecule has 0 bridgehead atoms. The summed E-state index contributed by atoms with van der Waals surface area (Å²) in [6.07, 6.45) is 4.17. The van der Waals surface area contributed by atoms with Crippen LogP contribution >= 0.6 is 0 Å². The molecule has 0 radical (unpaired) electrons. The number of amides is 2. The molecule has 5 heteroatoms. The first-order chi connectivity index (χ1) is 7.77. The van der Waals surface area contributed by atoms with Gasteiger partial charge in [-0.2, -0.15) is 0 Å². The SMILES string of the molecule is CC(C)C(C)(NC(=O)C1C=CC(N)C1)C(N)=O. The smallest absolute Gasteiger partial charge is 0.243 e. The van der Waals surface area contributed by atoms with E-state index in [0.717, 1.165) is 0 Å². The quantitative estimate of drug-likeness (QED) is 0.598. The number of carbonyl (C=O) groups is 2. The van der Waals surface area contributed by atoms with E-state index < -0.39 is 11.4 Å². The number of rotatable bonds is 4. The highest BCUT2D eigenvalue weighted by molar-refractivity contribution is 5.91. The first-order valence-corrected chi connectivity index (χ1v) is 5.83. The molecule has 0 saturated heterocycles. The van der Waals surface area contributed by atoms with Crippen LogP contribution in [-0.2, 0) is 9.59 Å². The van der Waals surface area contributed by atoms with Crippen LogP contribution in [0.1, 0.15) is 27.2 Å². The van der Waals surface area contributed by atoms with Crippen molar-refractivity contribution in [2.75, 3.05) is 0 Å². The number of nitrogens with one attached hydrogen (secondary N) is 1. The molecule has 1 aliphatic carbocycles. The molecule has 0 aliphatic heterocycles. The predicted molar refractivity (Wildman–Crippen MR) is 65.8 cm³/mol. The highest BCUT2D eigenvalue weighted by atomic mass is 16.2. The van der Waals surface area contributed by atoms with Gasteiger partial charge in [-0.1, -0.05) is 26.0 Å². The highest BCUT2D eigenvalue weighted by Crippen LogP contribution is 2.21. The Hall–Kier alpha value is -1.36. The van der Waals surface area contributed by atoms with Crippen LogP contribution in [0.3, 0.4) is 0 Å². The van der Waals surface area contributed by atoms with Crippen LogP contribution in [0.5, 0.6) is 0 Å². The van der Waals surface area contributed by atoms with Crippen molar-refractivity contribution in [1.82, 2.24) is 5.32 Å². The van der Waals surface area contributed by atoms with E-state index in [0.29, 0.717) is 6.42 Å². The van der Waals surface area contributed by atoms with Crippen LogP contribution in [0.25, 0.3) is 0 Å². The average molecular weight is 239 g/mol. The van der Waals surface area contributed by atoms with E-state index in [1.807, 2.05) is 13.8 Å². The maximum Gasteiger partial charge on any atom is 0.243 e. The Bertz CT molecular complexity index is 352. The van der Waals surface area contributed by atoms with Gasteiger partial charge in [-0.05, 0) is 19.3 Å². The standard InChI is InChI=1S/C12H21N3O2/c1-7(2)12(3,11(14)17)15-10(16)8-4-5-9(13)6-8/h4-5,7-9H,6,13H2,1-3H3,(H2,14,17)(H,15,16). The van der Waals surface area contributed by atoms with Crippen LogP contribution < -0.4 is 16.8 Å². The maximum atomic E-state index is 12.0. The van der Waals surface area contributed by atoms with Crippen molar-refractivity contribution in [2.45, 2.75) is 38.8 Å². The van der Waals surface area contributed by atoms with Gasteiger partial charge in [0, 0.05) is 6.04 Å². The minimum atomic E-state index is -1.02. The zero-order valence-corrected chi connectivity index (χ0v) is 10.6. The lowest BCUT2D eigenvalue weighted by atomic mass is 9.87. The summed E-state index contributed by atoms with van der Waals surface area (Å²) >= 11 is 0. The third-order valence-corrected chi connectivity index (χ3v) is 3.50. The van der Waals surface area contributed by atoms with E-state index in [4.69, 9.17) is 11.5 Å². The summed E-state index contributed by atoms with van der Waals surface area (Å²) in [7, 11) is 0. The summed E-state index contributed by atoms with van der Waals surface area (Å²) in [6, 6.07) is -0.0790. The molecule has 0 aromatic carbocycles. The molecule has 3 unspecified atom stereocenters. The second-order valence-electron chi connectivity index (χ2n) is 5.10. The van der Waals surface area contributed by atoms with E-state index in [-0.39, 0.29) is 23.8 Å². The maximum absolute atomic E-state index is 12.0.